The molecular formula is C30H27F7N2O6S2. The van der Waals surface area contributed by atoms with Crippen LogP contribution < -0.4 is 9.50 Å². The van der Waals surface area contributed by atoms with E-state index in [-0.39, 0.29) is 27.8 Å². The lowest BCUT2D eigenvalue weighted by Crippen LogP contribution is -2.41. The molecule has 2 heterocycles. The number of nitrogens with zero attached hydrogens (tertiary/aromatic N) is 1. The van der Waals surface area contributed by atoms with Crippen LogP contribution in [-0.4, -0.2) is 82.4 Å². The van der Waals surface area contributed by atoms with E-state index in [0.29, 0.717) is 57.1 Å². The van der Waals surface area contributed by atoms with Crippen LogP contribution in [0.2, 0.25) is 0 Å². The van der Waals surface area contributed by atoms with Crippen molar-refractivity contribution in [3.63, 3.8) is 0 Å². The molecule has 5 rings (SSSR count). The van der Waals surface area contributed by atoms with Crippen molar-refractivity contribution in [2.45, 2.75) is 17.3 Å². The second-order valence-corrected chi connectivity index (χ2v) is 16.2. The fourth-order valence-electron chi connectivity index (χ4n) is 5.65. The number of fused-ring (bicyclic) bond motifs is 2. The van der Waals surface area contributed by atoms with Crippen LogP contribution in [0, 0.1) is 18.6 Å². The van der Waals surface area contributed by atoms with E-state index < -0.39 is 76.2 Å². The van der Waals surface area contributed by atoms with Gasteiger partial charge in [0.25, 0.3) is 11.7 Å². The van der Waals surface area contributed by atoms with Gasteiger partial charge in [0.2, 0.25) is 5.75 Å². The van der Waals surface area contributed by atoms with E-state index in [1.165, 1.54) is 37.6 Å². The molecule has 2 aromatic rings. The average molecular weight is 709 g/mol. The van der Waals surface area contributed by atoms with Crippen LogP contribution in [0.1, 0.15) is 27.0 Å². The van der Waals surface area contributed by atoms with Gasteiger partial charge >= 0.3 is 15.6 Å². The molecule has 254 valence electrons. The van der Waals surface area contributed by atoms with Crippen molar-refractivity contribution in [2.75, 3.05) is 51.9 Å². The van der Waals surface area contributed by atoms with Gasteiger partial charge in [0.05, 0.1) is 13.2 Å². The Morgan fingerprint density at radius 1 is 1.06 bits per heavy atom. The summed E-state index contributed by atoms with van der Waals surface area (Å²) in [5, 5.41) is 2.78. The van der Waals surface area contributed by atoms with Crippen LogP contribution in [0.3, 0.4) is 0 Å². The highest BCUT2D eigenvalue weighted by Crippen LogP contribution is 2.69. The van der Waals surface area contributed by atoms with E-state index in [2.05, 4.69) is 14.4 Å². The maximum Gasteiger partial charge on any atom is 0.534 e. The summed E-state index contributed by atoms with van der Waals surface area (Å²) in [7, 11) is -9.70. The van der Waals surface area contributed by atoms with Gasteiger partial charge in [-0.3, -0.25) is 14.5 Å². The lowest BCUT2D eigenvalue weighted by Gasteiger charge is -2.43. The molecule has 1 saturated heterocycles. The quantitative estimate of drug-likeness (QED) is 0.233. The molecule has 1 N–H and O–H groups in total. The molecule has 0 bridgehead atoms. The van der Waals surface area contributed by atoms with Gasteiger partial charge in [-0.25, -0.2) is 17.6 Å². The Morgan fingerprint density at radius 2 is 1.72 bits per heavy atom. The minimum Gasteiger partial charge on any atom is -0.379 e. The number of carbonyl (C=O) groups excluding carboxylic acids is 2. The van der Waals surface area contributed by atoms with Gasteiger partial charge in [-0.1, -0.05) is 6.07 Å². The summed E-state index contributed by atoms with van der Waals surface area (Å²) < 4.78 is 134. The van der Waals surface area contributed by atoms with Gasteiger partial charge < -0.3 is 14.2 Å². The zero-order valence-corrected chi connectivity index (χ0v) is 26.6. The van der Waals surface area contributed by atoms with Crippen LogP contribution in [0.4, 0.5) is 30.7 Å². The topological polar surface area (TPSA) is 102 Å². The SMILES string of the molecule is Cc1cc(C(=O)NCCN2CCOCC2)ccc1C1=C2C=C(F)C(=O)C(F)=C2S(C)(C)c2c1cc(F)c(OS(=O)(=O)C(F)(F)F)c2F. The molecular weight excluding hydrogens is 681 g/mol. The van der Waals surface area contributed by atoms with E-state index in [0.717, 1.165) is 0 Å². The minimum absolute atomic E-state index is 0.111. The summed E-state index contributed by atoms with van der Waals surface area (Å²) in [6, 6.07) is 4.66. The lowest BCUT2D eigenvalue weighted by atomic mass is 9.86. The van der Waals surface area contributed by atoms with Gasteiger partial charge in [-0.15, -0.1) is 0 Å². The number of nitrogens with one attached hydrogen (secondary N) is 1. The first-order chi connectivity index (χ1) is 21.9. The average Bonchev–Trinajstić information content (AvgIpc) is 2.98. The van der Waals surface area contributed by atoms with E-state index in [1.807, 2.05) is 0 Å². The molecule has 17 heteroatoms. The third-order valence-electron chi connectivity index (χ3n) is 7.87. The van der Waals surface area contributed by atoms with E-state index in [1.54, 1.807) is 0 Å². The fraction of sp³-hybridized carbons (Fsp3) is 0.333. The van der Waals surface area contributed by atoms with Crippen LogP contribution >= 0.6 is 10.0 Å². The molecule has 0 saturated carbocycles. The summed E-state index contributed by atoms with van der Waals surface area (Å²) in [5.74, 6) is -10.9. The highest BCUT2D eigenvalue weighted by atomic mass is 32.3. The Bertz CT molecular complexity index is 1900. The van der Waals surface area contributed by atoms with Gasteiger partial charge in [-0.2, -0.15) is 31.6 Å². The monoisotopic (exact) mass is 708 g/mol. The first-order valence-electron chi connectivity index (χ1n) is 13.9. The molecule has 1 amide bonds. The number of alkyl halides is 3. The molecule has 2 aliphatic heterocycles. The molecule has 47 heavy (non-hydrogen) atoms. The summed E-state index contributed by atoms with van der Waals surface area (Å²) in [6.07, 6.45) is 3.15. The molecule has 0 atom stereocenters. The number of carbonyl (C=O) groups is 2. The predicted molar refractivity (Wildman–Crippen MR) is 159 cm³/mol. The molecule has 0 unspecified atom stereocenters. The van der Waals surface area contributed by atoms with Crippen LogP contribution in [0.25, 0.3) is 5.57 Å². The van der Waals surface area contributed by atoms with Gasteiger partial charge in [0, 0.05) is 52.7 Å². The smallest absolute Gasteiger partial charge is 0.379 e. The van der Waals surface area contributed by atoms with E-state index in [9.17, 15) is 35.6 Å². The number of halogens is 7. The van der Waals surface area contributed by atoms with Crippen LogP contribution in [-0.2, 0) is 19.6 Å². The molecule has 2 aromatic carbocycles. The highest BCUT2D eigenvalue weighted by Gasteiger charge is 2.50. The standard InChI is InChI=1S/C30H27F7N2O6S2/c1-15-12-16(29(41)38-6-7-39-8-10-44-11-9-39)4-5-17(15)22-18-13-20(31)25(40)23(33)27(18)46(2,3)28-19(22)14-21(32)26(24(28)34)45-47(42,43)30(35,36)37/h4-5,12-14H,6-11H2,1-3H3,(H,38,41). The van der Waals surface area contributed by atoms with Crippen molar-refractivity contribution < 1.29 is 57.7 Å². The normalized spacial score (nSPS) is 19.2. The number of ether oxygens (including phenoxy) is 1. The number of benzene rings is 2. The fourth-order valence-corrected chi connectivity index (χ4v) is 8.82. The molecule has 0 aromatic heterocycles. The summed E-state index contributed by atoms with van der Waals surface area (Å²) in [5.41, 5.74) is -6.29. The first-order valence-corrected chi connectivity index (χ1v) is 17.7. The van der Waals surface area contributed by atoms with Crippen molar-refractivity contribution >= 4 is 37.4 Å². The second-order valence-electron chi connectivity index (χ2n) is 11.2. The number of ketones is 1. The number of rotatable bonds is 7. The Morgan fingerprint density at radius 3 is 2.34 bits per heavy atom. The Kier molecular flexibility index (Phi) is 9.15. The number of hydrogen-bond acceptors (Lipinski definition) is 7. The molecule has 1 fully saturated rings. The van der Waals surface area contributed by atoms with E-state index in [4.69, 9.17) is 4.74 Å². The number of aryl methyl sites for hydroxylation is 1. The number of Topliss-reactive ketones (excluding diaryl/α,β-unsaturated/α-hetero) is 1. The van der Waals surface area contributed by atoms with Crippen molar-refractivity contribution in [3.05, 3.63) is 86.4 Å². The molecule has 1 aliphatic carbocycles. The maximum absolute atomic E-state index is 16.1. The van der Waals surface area contributed by atoms with E-state index >= 15 is 13.2 Å². The van der Waals surface area contributed by atoms with Crippen molar-refractivity contribution in [3.8, 4) is 5.75 Å². The second kappa shape index (κ2) is 12.4. The van der Waals surface area contributed by atoms with Crippen molar-refractivity contribution in [1.29, 1.82) is 0 Å². The van der Waals surface area contributed by atoms with Gasteiger partial charge in [0.15, 0.2) is 23.3 Å². The minimum atomic E-state index is -6.54. The van der Waals surface area contributed by atoms with Crippen LogP contribution in [0.5, 0.6) is 5.75 Å². The summed E-state index contributed by atoms with van der Waals surface area (Å²) in [4.78, 5) is 26.3. The predicted octanol–water partition coefficient (Wildman–Crippen LogP) is 5.42. The highest BCUT2D eigenvalue weighted by molar-refractivity contribution is 8.36. The number of amides is 1. The molecule has 0 spiro atoms. The lowest BCUT2D eigenvalue weighted by molar-refractivity contribution is -0.115. The Balaban J connectivity index is 1.64. The summed E-state index contributed by atoms with van der Waals surface area (Å²) in [6.45, 7) is 4.99. The summed E-state index contributed by atoms with van der Waals surface area (Å²) >= 11 is 0. The third-order valence-corrected chi connectivity index (χ3v) is 11.7. The largest absolute Gasteiger partial charge is 0.534 e. The third kappa shape index (κ3) is 6.21. The first kappa shape index (κ1) is 34.7. The Labute approximate surface area is 266 Å². The molecule has 0 radical (unpaired) electrons. The number of allylic oxidation sites excluding steroid dienone is 4. The van der Waals surface area contributed by atoms with Gasteiger partial charge in [-0.05, 0) is 60.4 Å². The van der Waals surface area contributed by atoms with Gasteiger partial charge in [0.1, 0.15) is 0 Å². The maximum atomic E-state index is 16.1. The zero-order chi connectivity index (χ0) is 34.6. The van der Waals surface area contributed by atoms with Crippen molar-refractivity contribution in [2.24, 2.45) is 0 Å². The Hall–Kier alpha value is -3.67. The van der Waals surface area contributed by atoms with Crippen molar-refractivity contribution in [1.82, 2.24) is 10.2 Å². The zero-order valence-electron chi connectivity index (χ0n) is 25.0. The number of hydrogen-bond donors (Lipinski definition) is 1. The number of morpholine rings is 1. The molecule has 3 aliphatic rings. The molecule has 8 nitrogen and oxygen atoms in total. The van der Waals surface area contributed by atoms with Crippen LogP contribution in [0.15, 0.2) is 57.4 Å².